The normalized spacial score (nSPS) is 20.1. The van der Waals surface area contributed by atoms with E-state index in [0.717, 1.165) is 62.3 Å². The lowest BCUT2D eigenvalue weighted by Crippen LogP contribution is -2.44. The van der Waals surface area contributed by atoms with Crippen LogP contribution in [0.5, 0.6) is 0 Å². The lowest BCUT2D eigenvalue weighted by atomic mass is 9.92. The van der Waals surface area contributed by atoms with Gasteiger partial charge in [-0.05, 0) is 63.9 Å². The fourth-order valence-electron chi connectivity index (χ4n) is 4.47. The maximum atomic E-state index is 12.5. The number of benzene rings is 1. The summed E-state index contributed by atoms with van der Waals surface area (Å²) in [5, 5.41) is 3.30. The molecule has 1 N–H and O–H groups in total. The number of carbonyl (C=O) groups is 1. The van der Waals surface area contributed by atoms with Crippen LogP contribution in [0.4, 0.5) is 0 Å². The number of hydrogen-bond acceptors (Lipinski definition) is 4. The second-order valence-corrected chi connectivity index (χ2v) is 8.14. The molecule has 2 heterocycles. The Kier molecular flexibility index (Phi) is 6.07. The number of carbonyl (C=O) groups excluding carboxylic acids is 1. The lowest BCUT2D eigenvalue weighted by Gasteiger charge is -2.32. The highest BCUT2D eigenvalue weighted by atomic mass is 16.3. The van der Waals surface area contributed by atoms with Gasteiger partial charge in [-0.1, -0.05) is 31.4 Å². The lowest BCUT2D eigenvalue weighted by molar-refractivity contribution is -0.127. The average Bonchev–Trinajstić information content (AvgIpc) is 3.12. The summed E-state index contributed by atoms with van der Waals surface area (Å²) in [6.45, 7) is 3.10. The van der Waals surface area contributed by atoms with E-state index in [-0.39, 0.29) is 5.92 Å². The van der Waals surface area contributed by atoms with Crippen molar-refractivity contribution in [1.82, 2.24) is 15.2 Å². The summed E-state index contributed by atoms with van der Waals surface area (Å²) in [4.78, 5) is 19.5. The summed E-state index contributed by atoms with van der Waals surface area (Å²) in [5.74, 6) is 1.34. The third-order valence-electron chi connectivity index (χ3n) is 6.11. The summed E-state index contributed by atoms with van der Waals surface area (Å²) in [5.41, 5.74) is 1.81. The minimum Gasteiger partial charge on any atom is -0.441 e. The van der Waals surface area contributed by atoms with Gasteiger partial charge in [0, 0.05) is 18.4 Å². The molecule has 1 aromatic heterocycles. The fourth-order valence-corrected chi connectivity index (χ4v) is 4.47. The Bertz CT molecular complexity index is 710. The molecule has 0 bridgehead atoms. The number of hydrogen-bond donors (Lipinski definition) is 1. The zero-order valence-electron chi connectivity index (χ0n) is 16.2. The molecule has 146 valence electrons. The summed E-state index contributed by atoms with van der Waals surface area (Å²) in [6, 6.07) is 8.36. The van der Waals surface area contributed by atoms with Crippen molar-refractivity contribution in [1.29, 1.82) is 0 Å². The molecule has 0 radical (unpaired) electrons. The van der Waals surface area contributed by atoms with Gasteiger partial charge < -0.3 is 14.6 Å². The number of aryl methyl sites for hydroxylation is 1. The van der Waals surface area contributed by atoms with Crippen LogP contribution in [0.3, 0.4) is 0 Å². The van der Waals surface area contributed by atoms with Crippen LogP contribution in [0, 0.1) is 5.92 Å². The standard InChI is InChI=1S/C22H31N3O2/c26-22(23-18-7-2-1-3-8-18)17-12-15-25(16-13-17)14-6-11-21-24-19-9-4-5-10-20(19)27-21/h4-5,9-10,17-18H,1-3,6-8,11-16H2,(H,23,26). The average molecular weight is 370 g/mol. The van der Waals surface area contributed by atoms with Crippen LogP contribution in [0.25, 0.3) is 11.1 Å². The highest BCUT2D eigenvalue weighted by Crippen LogP contribution is 2.22. The van der Waals surface area contributed by atoms with Gasteiger partial charge >= 0.3 is 0 Å². The minimum absolute atomic E-state index is 0.209. The molecule has 1 saturated heterocycles. The predicted molar refractivity (Wildman–Crippen MR) is 107 cm³/mol. The Morgan fingerprint density at radius 1 is 1.11 bits per heavy atom. The van der Waals surface area contributed by atoms with Gasteiger partial charge in [-0.2, -0.15) is 0 Å². The number of likely N-dealkylation sites (tertiary alicyclic amines) is 1. The third kappa shape index (κ3) is 4.89. The van der Waals surface area contributed by atoms with Crippen molar-refractivity contribution in [3.63, 3.8) is 0 Å². The molecule has 1 aromatic carbocycles. The quantitative estimate of drug-likeness (QED) is 0.838. The van der Waals surface area contributed by atoms with Crippen molar-refractivity contribution in [3.05, 3.63) is 30.2 Å². The van der Waals surface area contributed by atoms with Gasteiger partial charge in [0.2, 0.25) is 5.91 Å². The SMILES string of the molecule is O=C(NC1CCCCC1)C1CCN(CCCc2nc3ccccc3o2)CC1. The Hall–Kier alpha value is -1.88. The molecule has 2 aromatic rings. The first-order valence-corrected chi connectivity index (χ1v) is 10.6. The van der Waals surface area contributed by atoms with Crippen molar-refractivity contribution < 1.29 is 9.21 Å². The number of piperidine rings is 1. The number of nitrogens with one attached hydrogen (secondary N) is 1. The topological polar surface area (TPSA) is 58.4 Å². The third-order valence-corrected chi connectivity index (χ3v) is 6.11. The molecular weight excluding hydrogens is 338 g/mol. The van der Waals surface area contributed by atoms with Crippen LogP contribution >= 0.6 is 0 Å². The maximum absolute atomic E-state index is 12.5. The van der Waals surface area contributed by atoms with Gasteiger partial charge in [0.25, 0.3) is 0 Å². The first kappa shape index (κ1) is 18.5. The molecule has 2 fully saturated rings. The van der Waals surface area contributed by atoms with Crippen molar-refractivity contribution >= 4 is 17.0 Å². The molecule has 5 heteroatoms. The second-order valence-electron chi connectivity index (χ2n) is 8.14. The number of nitrogens with zero attached hydrogens (tertiary/aromatic N) is 2. The summed E-state index contributed by atoms with van der Waals surface area (Å²) in [6.07, 6.45) is 10.1. The second kappa shape index (κ2) is 8.87. The Morgan fingerprint density at radius 3 is 2.67 bits per heavy atom. The van der Waals surface area contributed by atoms with E-state index in [0.29, 0.717) is 11.9 Å². The number of rotatable bonds is 6. The zero-order chi connectivity index (χ0) is 18.5. The molecule has 1 amide bonds. The molecule has 0 atom stereocenters. The van der Waals surface area contributed by atoms with Gasteiger partial charge in [-0.15, -0.1) is 0 Å². The Labute approximate surface area is 161 Å². The maximum Gasteiger partial charge on any atom is 0.223 e. The molecule has 4 rings (SSSR count). The molecule has 5 nitrogen and oxygen atoms in total. The van der Waals surface area contributed by atoms with E-state index in [4.69, 9.17) is 4.42 Å². The van der Waals surface area contributed by atoms with E-state index in [1.54, 1.807) is 0 Å². The number of fused-ring (bicyclic) bond motifs is 1. The van der Waals surface area contributed by atoms with Crippen LogP contribution in [0.1, 0.15) is 57.3 Å². The minimum atomic E-state index is 0.209. The molecule has 0 spiro atoms. The van der Waals surface area contributed by atoms with E-state index in [2.05, 4.69) is 15.2 Å². The number of para-hydroxylation sites is 2. The van der Waals surface area contributed by atoms with Crippen LogP contribution in [0.15, 0.2) is 28.7 Å². The Morgan fingerprint density at radius 2 is 1.89 bits per heavy atom. The van der Waals surface area contributed by atoms with Crippen LogP contribution in [0.2, 0.25) is 0 Å². The van der Waals surface area contributed by atoms with Crippen molar-refractivity contribution in [3.8, 4) is 0 Å². The first-order chi connectivity index (χ1) is 13.3. The highest BCUT2D eigenvalue weighted by molar-refractivity contribution is 5.79. The number of aromatic nitrogens is 1. The van der Waals surface area contributed by atoms with Gasteiger partial charge in [0.05, 0.1) is 0 Å². The monoisotopic (exact) mass is 369 g/mol. The van der Waals surface area contributed by atoms with Crippen molar-refractivity contribution in [2.75, 3.05) is 19.6 Å². The first-order valence-electron chi connectivity index (χ1n) is 10.6. The van der Waals surface area contributed by atoms with Crippen molar-refractivity contribution in [2.45, 2.75) is 63.8 Å². The Balaban J connectivity index is 1.16. The van der Waals surface area contributed by atoms with Crippen molar-refractivity contribution in [2.24, 2.45) is 5.92 Å². The van der Waals surface area contributed by atoms with Crippen LogP contribution in [-0.2, 0) is 11.2 Å². The van der Waals surface area contributed by atoms with E-state index in [1.807, 2.05) is 24.3 Å². The summed E-state index contributed by atoms with van der Waals surface area (Å²) >= 11 is 0. The van der Waals surface area contributed by atoms with E-state index >= 15 is 0 Å². The summed E-state index contributed by atoms with van der Waals surface area (Å²) < 4.78 is 5.80. The number of amides is 1. The smallest absolute Gasteiger partial charge is 0.223 e. The van der Waals surface area contributed by atoms with Gasteiger partial charge in [-0.25, -0.2) is 4.98 Å². The van der Waals surface area contributed by atoms with Gasteiger partial charge in [0.1, 0.15) is 5.52 Å². The fraction of sp³-hybridized carbons (Fsp3) is 0.636. The summed E-state index contributed by atoms with van der Waals surface area (Å²) in [7, 11) is 0. The van der Waals surface area contributed by atoms with E-state index in [1.165, 1.54) is 32.1 Å². The predicted octanol–water partition coefficient (Wildman–Crippen LogP) is 3.92. The van der Waals surface area contributed by atoms with Crippen LogP contribution in [-0.4, -0.2) is 41.5 Å². The molecule has 27 heavy (non-hydrogen) atoms. The van der Waals surface area contributed by atoms with Gasteiger partial charge in [-0.3, -0.25) is 4.79 Å². The molecule has 0 unspecified atom stereocenters. The highest BCUT2D eigenvalue weighted by Gasteiger charge is 2.26. The van der Waals surface area contributed by atoms with Gasteiger partial charge in [0.15, 0.2) is 11.5 Å². The molecule has 1 saturated carbocycles. The van der Waals surface area contributed by atoms with Crippen LogP contribution < -0.4 is 5.32 Å². The zero-order valence-corrected chi connectivity index (χ0v) is 16.2. The molecule has 1 aliphatic carbocycles. The number of oxazole rings is 1. The van der Waals surface area contributed by atoms with E-state index < -0.39 is 0 Å². The largest absolute Gasteiger partial charge is 0.441 e. The molecule has 1 aliphatic heterocycles. The molecular formula is C22H31N3O2. The molecule has 2 aliphatic rings. The van der Waals surface area contributed by atoms with E-state index in [9.17, 15) is 4.79 Å².